The number of alkyl halides is 2. The van der Waals surface area contributed by atoms with Gasteiger partial charge in [0, 0.05) is 36.2 Å². The van der Waals surface area contributed by atoms with Gasteiger partial charge in [0.05, 0.1) is 30.7 Å². The number of hydrogen-bond acceptors (Lipinski definition) is 5. The van der Waals surface area contributed by atoms with Crippen LogP contribution in [0.1, 0.15) is 38.3 Å². The molecule has 3 heterocycles. The number of aromatic nitrogens is 3. The van der Waals surface area contributed by atoms with Crippen LogP contribution in [-0.2, 0) is 0 Å². The van der Waals surface area contributed by atoms with E-state index in [1.807, 2.05) is 24.3 Å². The van der Waals surface area contributed by atoms with Gasteiger partial charge in [-0.3, -0.25) is 15.1 Å². The lowest BCUT2D eigenvalue weighted by atomic mass is 9.69. The van der Waals surface area contributed by atoms with Crippen molar-refractivity contribution in [1.29, 1.82) is 0 Å². The molecule has 32 heavy (non-hydrogen) atoms. The van der Waals surface area contributed by atoms with Crippen LogP contribution in [0.2, 0.25) is 0 Å². The van der Waals surface area contributed by atoms with Crippen LogP contribution in [0.4, 0.5) is 8.78 Å². The Hall–Kier alpha value is -3.29. The Labute approximate surface area is 184 Å². The highest BCUT2D eigenvalue weighted by Gasteiger charge is 2.44. The minimum atomic E-state index is -2.56. The lowest BCUT2D eigenvalue weighted by Gasteiger charge is -2.41. The van der Waals surface area contributed by atoms with Crippen molar-refractivity contribution in [2.24, 2.45) is 10.4 Å². The van der Waals surface area contributed by atoms with E-state index in [1.165, 1.54) is 0 Å². The van der Waals surface area contributed by atoms with Crippen LogP contribution in [0.5, 0.6) is 5.75 Å². The minimum Gasteiger partial charge on any atom is -0.496 e. The van der Waals surface area contributed by atoms with Crippen molar-refractivity contribution >= 4 is 22.9 Å². The van der Waals surface area contributed by atoms with E-state index < -0.39 is 5.92 Å². The maximum atomic E-state index is 13.7. The Balaban J connectivity index is 1.50. The molecule has 8 heteroatoms. The highest BCUT2D eigenvalue weighted by molar-refractivity contribution is 5.95. The third-order valence-corrected chi connectivity index (χ3v) is 6.75. The average Bonchev–Trinajstić information content (AvgIpc) is 3.24. The highest BCUT2D eigenvalue weighted by Crippen LogP contribution is 2.47. The fourth-order valence-corrected chi connectivity index (χ4v) is 4.61. The molecule has 1 unspecified atom stereocenters. The number of nitrogens with one attached hydrogen (secondary N) is 2. The van der Waals surface area contributed by atoms with Crippen molar-refractivity contribution in [3.8, 4) is 16.9 Å². The van der Waals surface area contributed by atoms with Gasteiger partial charge in [-0.25, -0.2) is 8.78 Å². The van der Waals surface area contributed by atoms with Gasteiger partial charge in [-0.1, -0.05) is 13.0 Å². The third kappa shape index (κ3) is 3.63. The third-order valence-electron chi connectivity index (χ3n) is 6.75. The van der Waals surface area contributed by atoms with E-state index >= 15 is 0 Å². The molecule has 1 fully saturated rings. The number of pyridine rings is 1. The van der Waals surface area contributed by atoms with Gasteiger partial charge in [-0.05, 0) is 48.1 Å². The Kier molecular flexibility index (Phi) is 4.95. The summed E-state index contributed by atoms with van der Waals surface area (Å²) in [7, 11) is 1.64. The smallest absolute Gasteiger partial charge is 0.248 e. The molecule has 5 rings (SSSR count). The number of aromatic amines is 1. The van der Waals surface area contributed by atoms with Gasteiger partial charge in [0.2, 0.25) is 5.92 Å². The molecule has 1 atom stereocenters. The van der Waals surface area contributed by atoms with Crippen molar-refractivity contribution in [3.63, 3.8) is 0 Å². The van der Waals surface area contributed by atoms with Crippen LogP contribution < -0.4 is 10.1 Å². The van der Waals surface area contributed by atoms with E-state index in [2.05, 4.69) is 38.5 Å². The lowest BCUT2D eigenvalue weighted by Crippen LogP contribution is -2.40. The molecule has 0 amide bonds. The van der Waals surface area contributed by atoms with Crippen molar-refractivity contribution in [2.75, 3.05) is 7.11 Å². The van der Waals surface area contributed by atoms with Crippen LogP contribution in [0.25, 0.3) is 27.7 Å². The zero-order valence-electron chi connectivity index (χ0n) is 18.0. The number of rotatable bonds is 4. The van der Waals surface area contributed by atoms with Gasteiger partial charge in [0.15, 0.2) is 0 Å². The van der Waals surface area contributed by atoms with E-state index in [9.17, 15) is 8.78 Å². The summed E-state index contributed by atoms with van der Waals surface area (Å²) >= 11 is 0. The zero-order valence-corrected chi connectivity index (χ0v) is 18.0. The van der Waals surface area contributed by atoms with Crippen LogP contribution >= 0.6 is 0 Å². The summed E-state index contributed by atoms with van der Waals surface area (Å²) in [4.78, 5) is 8.81. The van der Waals surface area contributed by atoms with Crippen LogP contribution in [0, 0.1) is 5.41 Å². The number of H-pyrrole nitrogens is 1. The largest absolute Gasteiger partial charge is 0.496 e. The lowest BCUT2D eigenvalue weighted by molar-refractivity contribution is -0.0654. The van der Waals surface area contributed by atoms with Crippen LogP contribution in [0.3, 0.4) is 0 Å². The van der Waals surface area contributed by atoms with Crippen molar-refractivity contribution in [2.45, 2.75) is 44.6 Å². The summed E-state index contributed by atoms with van der Waals surface area (Å²) in [5, 5.41) is 11.8. The number of ether oxygens (including phenoxy) is 1. The normalized spacial score (nSPS) is 21.8. The molecular weight excluding hydrogens is 412 g/mol. The SMILES string of the molecule is COc1ccncc1-c1ccc2[nH]nc(C3=CC(C4(C)CCC(F)(F)CC4)N=CN3)c2c1. The fourth-order valence-electron chi connectivity index (χ4n) is 4.61. The Morgan fingerprint density at radius 3 is 2.72 bits per heavy atom. The topological polar surface area (TPSA) is 75.2 Å². The second kappa shape index (κ2) is 7.69. The number of hydrogen-bond donors (Lipinski definition) is 2. The number of halogens is 2. The first kappa shape index (κ1) is 20.6. The van der Waals surface area contributed by atoms with Crippen molar-refractivity contribution < 1.29 is 13.5 Å². The summed E-state index contributed by atoms with van der Waals surface area (Å²) in [6.45, 7) is 2.05. The van der Waals surface area contributed by atoms with Crippen molar-refractivity contribution in [1.82, 2.24) is 20.5 Å². The van der Waals surface area contributed by atoms with Gasteiger partial charge >= 0.3 is 0 Å². The van der Waals surface area contributed by atoms with Gasteiger partial charge in [-0.2, -0.15) is 5.10 Å². The van der Waals surface area contributed by atoms with E-state index in [-0.39, 0.29) is 24.3 Å². The monoisotopic (exact) mass is 437 g/mol. The first-order chi connectivity index (χ1) is 15.4. The molecule has 166 valence electrons. The molecule has 0 spiro atoms. The number of nitrogens with zero attached hydrogens (tertiary/aromatic N) is 3. The first-order valence-corrected chi connectivity index (χ1v) is 10.7. The molecule has 3 aromatic rings. The van der Waals surface area contributed by atoms with E-state index in [4.69, 9.17) is 4.74 Å². The number of methoxy groups -OCH3 is 1. The van der Waals surface area contributed by atoms with Gasteiger partial charge in [-0.15, -0.1) is 0 Å². The minimum absolute atomic E-state index is 0.0895. The van der Waals surface area contributed by atoms with E-state index in [1.54, 1.807) is 25.8 Å². The molecule has 2 aromatic heterocycles. The summed E-state index contributed by atoms with van der Waals surface area (Å²) in [6.07, 6.45) is 7.86. The van der Waals surface area contributed by atoms with Crippen molar-refractivity contribution in [3.05, 3.63) is 48.4 Å². The molecule has 1 aliphatic heterocycles. The fraction of sp³-hybridized carbons (Fsp3) is 0.375. The molecule has 6 nitrogen and oxygen atoms in total. The molecular formula is C24H25F2N5O. The maximum absolute atomic E-state index is 13.7. The van der Waals surface area contributed by atoms with E-state index in [0.717, 1.165) is 39.2 Å². The van der Waals surface area contributed by atoms with E-state index in [0.29, 0.717) is 12.8 Å². The molecule has 2 aliphatic rings. The summed E-state index contributed by atoms with van der Waals surface area (Å²) in [6, 6.07) is 7.69. The second-order valence-electron chi connectivity index (χ2n) is 8.87. The Morgan fingerprint density at radius 1 is 1.12 bits per heavy atom. The van der Waals surface area contributed by atoms with Crippen LogP contribution in [0.15, 0.2) is 47.7 Å². The summed E-state index contributed by atoms with van der Waals surface area (Å²) in [5.74, 6) is -1.82. The molecule has 0 bridgehead atoms. The summed E-state index contributed by atoms with van der Waals surface area (Å²) < 4.78 is 32.9. The molecule has 1 saturated carbocycles. The molecule has 1 aliphatic carbocycles. The predicted octanol–water partition coefficient (Wildman–Crippen LogP) is 5.19. The molecule has 2 N–H and O–H groups in total. The molecule has 0 saturated heterocycles. The quantitative estimate of drug-likeness (QED) is 0.589. The summed E-state index contributed by atoms with van der Waals surface area (Å²) in [5.41, 5.74) is 4.05. The zero-order chi connectivity index (χ0) is 22.3. The van der Waals surface area contributed by atoms with Gasteiger partial charge in [0.25, 0.3) is 0 Å². The van der Waals surface area contributed by atoms with Crippen LogP contribution in [-0.4, -0.2) is 40.6 Å². The maximum Gasteiger partial charge on any atom is 0.248 e. The van der Waals surface area contributed by atoms with Gasteiger partial charge in [0.1, 0.15) is 11.4 Å². The number of benzene rings is 1. The van der Waals surface area contributed by atoms with Gasteiger partial charge < -0.3 is 10.1 Å². The second-order valence-corrected chi connectivity index (χ2v) is 8.87. The highest BCUT2D eigenvalue weighted by atomic mass is 19.3. The molecule has 0 radical (unpaired) electrons. The number of fused-ring (bicyclic) bond motifs is 1. The first-order valence-electron chi connectivity index (χ1n) is 10.7. The Morgan fingerprint density at radius 2 is 1.94 bits per heavy atom. The predicted molar refractivity (Wildman–Crippen MR) is 121 cm³/mol. The average molecular weight is 437 g/mol. The Bertz CT molecular complexity index is 1210. The number of aliphatic imine (C=N–C) groups is 1. The molecule has 1 aromatic carbocycles. The standard InChI is InChI=1S/C24H25F2N5O/c1-23(6-8-24(25,26)9-7-23)21-12-19(28-14-29-21)22-16-11-15(3-4-18(16)30-31-22)17-13-27-10-5-20(17)32-2/h3-5,10-14,21H,6-9H2,1-2H3,(H,28,29)(H,30,31).